The molecule has 1 aromatic carbocycles. The van der Waals surface area contributed by atoms with Crippen LogP contribution >= 0.6 is 0 Å². The summed E-state index contributed by atoms with van der Waals surface area (Å²) in [7, 11) is 1.67. The molecule has 0 bridgehead atoms. The maximum atomic E-state index is 14.1. The second kappa shape index (κ2) is 10.3. The average molecular weight is 488 g/mol. The lowest BCUT2D eigenvalue weighted by molar-refractivity contribution is -0.141. The van der Waals surface area contributed by atoms with Crippen molar-refractivity contribution < 1.29 is 17.6 Å². The van der Waals surface area contributed by atoms with Gasteiger partial charge in [-0.05, 0) is 25.1 Å². The first-order valence-corrected chi connectivity index (χ1v) is 11.1. The van der Waals surface area contributed by atoms with Gasteiger partial charge in [-0.15, -0.1) is 10.2 Å². The Kier molecular flexibility index (Phi) is 7.25. The molecule has 3 heterocycles. The van der Waals surface area contributed by atoms with E-state index in [2.05, 4.69) is 30.4 Å². The van der Waals surface area contributed by atoms with E-state index in [1.165, 1.54) is 6.20 Å². The van der Waals surface area contributed by atoms with Crippen LogP contribution in [0, 0.1) is 5.82 Å². The van der Waals surface area contributed by atoms with E-state index in [9.17, 15) is 17.6 Å². The number of aliphatic imine (C=N–C) groups is 1. The number of anilines is 1. The smallest absolute Gasteiger partial charge is 0.405 e. The summed E-state index contributed by atoms with van der Waals surface area (Å²) in [6.45, 7) is 1.49. The van der Waals surface area contributed by atoms with Crippen molar-refractivity contribution in [3.8, 4) is 0 Å². The van der Waals surface area contributed by atoms with Gasteiger partial charge in [0.05, 0.1) is 5.71 Å². The molecular weight excluding hydrogens is 462 g/mol. The minimum absolute atomic E-state index is 0.0833. The van der Waals surface area contributed by atoms with Crippen LogP contribution in [-0.2, 0) is 12.7 Å². The molecule has 1 saturated heterocycles. The Hall–Kier alpha value is -3.60. The number of hydrogen-bond acceptors (Lipinski definition) is 7. The Bertz CT molecular complexity index is 1250. The Labute approximate surface area is 199 Å². The van der Waals surface area contributed by atoms with Gasteiger partial charge in [0.1, 0.15) is 17.2 Å². The minimum atomic E-state index is -4.67. The van der Waals surface area contributed by atoms with E-state index in [-0.39, 0.29) is 18.2 Å². The molecule has 0 saturated carbocycles. The number of nitrogens with two attached hydrogens (primary N) is 1. The highest BCUT2D eigenvalue weighted by atomic mass is 19.4. The molecule has 3 aromatic rings. The second-order valence-corrected chi connectivity index (χ2v) is 8.19. The fourth-order valence-corrected chi connectivity index (χ4v) is 4.16. The van der Waals surface area contributed by atoms with Crippen molar-refractivity contribution in [2.45, 2.75) is 31.6 Å². The Balaban J connectivity index is 1.43. The Morgan fingerprint density at radius 1 is 1.20 bits per heavy atom. The van der Waals surface area contributed by atoms with Crippen molar-refractivity contribution in [2.75, 3.05) is 25.0 Å². The van der Waals surface area contributed by atoms with Crippen LogP contribution in [0.25, 0.3) is 10.8 Å². The summed E-state index contributed by atoms with van der Waals surface area (Å²) in [6, 6.07) is 8.36. The van der Waals surface area contributed by atoms with Gasteiger partial charge in [-0.2, -0.15) is 13.2 Å². The fraction of sp³-hybridized carbons (Fsp3) is 0.333. The summed E-state index contributed by atoms with van der Waals surface area (Å²) in [4.78, 5) is 9.75. The van der Waals surface area contributed by atoms with Crippen LogP contribution in [0.15, 0.2) is 53.8 Å². The second-order valence-electron chi connectivity index (χ2n) is 8.19. The predicted molar refractivity (Wildman–Crippen MR) is 127 cm³/mol. The summed E-state index contributed by atoms with van der Waals surface area (Å²) in [5.74, 6) is -0.147. The van der Waals surface area contributed by atoms with Crippen molar-refractivity contribution in [1.29, 1.82) is 0 Å². The summed E-state index contributed by atoms with van der Waals surface area (Å²) in [5.41, 5.74) is 5.70. The third kappa shape index (κ3) is 5.40. The highest BCUT2D eigenvalue weighted by molar-refractivity contribution is 6.15. The van der Waals surface area contributed by atoms with Crippen LogP contribution in [0.2, 0.25) is 0 Å². The van der Waals surface area contributed by atoms with Crippen LogP contribution in [0.4, 0.5) is 23.4 Å². The number of alkyl halides is 3. The van der Waals surface area contributed by atoms with Gasteiger partial charge in [0.25, 0.3) is 0 Å². The van der Waals surface area contributed by atoms with E-state index in [0.717, 1.165) is 35.6 Å². The van der Waals surface area contributed by atoms with Crippen LogP contribution in [0.1, 0.15) is 29.8 Å². The summed E-state index contributed by atoms with van der Waals surface area (Å²) in [6.07, 6.45) is 0.879. The SMILES string of the molecule is CN=C(C=CN)c1nnc(N2CCC(NCc3cnc(C(F)(F)F)cc3F)CC2)c2ccccc12. The van der Waals surface area contributed by atoms with Gasteiger partial charge in [0, 0.05) is 61.3 Å². The summed E-state index contributed by atoms with van der Waals surface area (Å²) >= 11 is 0. The van der Waals surface area contributed by atoms with Crippen LogP contribution < -0.4 is 16.0 Å². The van der Waals surface area contributed by atoms with E-state index in [0.29, 0.717) is 30.6 Å². The van der Waals surface area contributed by atoms with Gasteiger partial charge in [-0.3, -0.25) is 9.98 Å². The predicted octanol–water partition coefficient (Wildman–Crippen LogP) is 3.83. The number of rotatable bonds is 6. The zero-order valence-corrected chi connectivity index (χ0v) is 19.1. The number of piperidine rings is 1. The van der Waals surface area contributed by atoms with Gasteiger partial charge in [0.2, 0.25) is 0 Å². The molecule has 2 aromatic heterocycles. The first-order valence-electron chi connectivity index (χ1n) is 11.1. The van der Waals surface area contributed by atoms with Crippen molar-refractivity contribution >= 4 is 22.3 Å². The Morgan fingerprint density at radius 2 is 1.91 bits per heavy atom. The molecule has 1 aliphatic heterocycles. The first kappa shape index (κ1) is 24.5. The number of nitrogens with zero attached hydrogens (tertiary/aromatic N) is 5. The van der Waals surface area contributed by atoms with Gasteiger partial charge < -0.3 is 16.0 Å². The number of allylic oxidation sites excluding steroid dienone is 1. The molecule has 1 fully saturated rings. The molecule has 35 heavy (non-hydrogen) atoms. The van der Waals surface area contributed by atoms with Crippen molar-refractivity contribution in [2.24, 2.45) is 10.7 Å². The van der Waals surface area contributed by atoms with Crippen molar-refractivity contribution in [3.63, 3.8) is 0 Å². The molecular formula is C24H25F4N7. The number of halogens is 4. The Morgan fingerprint density at radius 3 is 2.54 bits per heavy atom. The zero-order valence-electron chi connectivity index (χ0n) is 19.1. The van der Waals surface area contributed by atoms with E-state index >= 15 is 0 Å². The zero-order chi connectivity index (χ0) is 25.0. The molecule has 0 amide bonds. The molecule has 4 rings (SSSR count). The topological polar surface area (TPSA) is 92.3 Å². The lowest BCUT2D eigenvalue weighted by Gasteiger charge is -2.33. The van der Waals surface area contributed by atoms with Crippen LogP contribution in [0.5, 0.6) is 0 Å². The van der Waals surface area contributed by atoms with Crippen molar-refractivity contribution in [3.05, 3.63) is 71.6 Å². The average Bonchev–Trinajstić information content (AvgIpc) is 2.86. The molecule has 11 heteroatoms. The van der Waals surface area contributed by atoms with Gasteiger partial charge in [-0.25, -0.2) is 4.39 Å². The molecule has 184 valence electrons. The number of benzene rings is 1. The highest BCUT2D eigenvalue weighted by Crippen LogP contribution is 2.30. The molecule has 0 unspecified atom stereocenters. The highest BCUT2D eigenvalue weighted by Gasteiger charge is 2.33. The number of aromatic nitrogens is 3. The van der Waals surface area contributed by atoms with Crippen molar-refractivity contribution in [1.82, 2.24) is 20.5 Å². The maximum Gasteiger partial charge on any atom is 0.433 e. The standard InChI is InChI=1S/C24H25F4N7/c1-30-20(6-9-29)22-17-4-2-3-5-18(17)23(34-33-22)35-10-7-16(8-11-35)31-13-15-14-32-21(12-19(15)25)24(26,27)28/h2-6,9,12,14,16,31H,7-8,10-11,13,29H2,1H3. The third-order valence-electron chi connectivity index (χ3n) is 6.00. The molecule has 1 aliphatic rings. The van der Waals surface area contributed by atoms with Crippen LogP contribution in [0.3, 0.4) is 0 Å². The number of hydrogen-bond donors (Lipinski definition) is 2. The molecule has 0 aliphatic carbocycles. The fourth-order valence-electron chi connectivity index (χ4n) is 4.16. The number of pyridine rings is 1. The molecule has 3 N–H and O–H groups in total. The van der Waals surface area contributed by atoms with E-state index in [1.807, 2.05) is 24.3 Å². The molecule has 7 nitrogen and oxygen atoms in total. The van der Waals surface area contributed by atoms with E-state index < -0.39 is 17.7 Å². The molecule has 0 spiro atoms. The minimum Gasteiger partial charge on any atom is -0.405 e. The van der Waals surface area contributed by atoms with Gasteiger partial charge >= 0.3 is 6.18 Å². The van der Waals surface area contributed by atoms with E-state index in [1.54, 1.807) is 13.1 Å². The maximum absolute atomic E-state index is 14.1. The lowest BCUT2D eigenvalue weighted by Crippen LogP contribution is -2.42. The summed E-state index contributed by atoms with van der Waals surface area (Å²) < 4.78 is 52.2. The van der Waals surface area contributed by atoms with Crippen LogP contribution in [-0.4, -0.2) is 47.1 Å². The summed E-state index contributed by atoms with van der Waals surface area (Å²) in [5, 5.41) is 14.0. The van der Waals surface area contributed by atoms with E-state index in [4.69, 9.17) is 5.73 Å². The largest absolute Gasteiger partial charge is 0.433 e. The van der Waals surface area contributed by atoms with Gasteiger partial charge in [-0.1, -0.05) is 24.3 Å². The first-order chi connectivity index (χ1) is 16.8. The quantitative estimate of drug-likeness (QED) is 0.406. The molecule has 0 radical (unpaired) electrons. The normalized spacial score (nSPS) is 15.9. The lowest BCUT2D eigenvalue weighted by atomic mass is 10.0. The molecule has 0 atom stereocenters. The monoisotopic (exact) mass is 487 g/mol. The third-order valence-corrected chi connectivity index (χ3v) is 6.00. The number of fused-ring (bicyclic) bond motifs is 1. The van der Waals surface area contributed by atoms with Gasteiger partial charge in [0.15, 0.2) is 5.82 Å². The number of nitrogens with one attached hydrogen (secondary N) is 1.